The summed E-state index contributed by atoms with van der Waals surface area (Å²) in [5.74, 6) is 0.963. The molecule has 1 aromatic rings. The van der Waals surface area contributed by atoms with Crippen LogP contribution in [0.25, 0.3) is 0 Å². The topological polar surface area (TPSA) is 89.6 Å². The van der Waals surface area contributed by atoms with Crippen molar-refractivity contribution in [3.8, 4) is 0 Å². The number of pyridine rings is 1. The molecule has 1 aliphatic rings. The first-order valence-corrected chi connectivity index (χ1v) is 7.63. The van der Waals surface area contributed by atoms with Gasteiger partial charge in [0.15, 0.2) is 5.96 Å². The average Bonchev–Trinajstić information content (AvgIpc) is 3.34. The molecule has 1 heterocycles. The Morgan fingerprint density at radius 2 is 2.23 bits per heavy atom. The van der Waals surface area contributed by atoms with Gasteiger partial charge in [0.1, 0.15) is 0 Å². The summed E-state index contributed by atoms with van der Waals surface area (Å²) in [5, 5.41) is 3.07. The Morgan fingerprint density at radius 1 is 1.50 bits per heavy atom. The number of esters is 1. The molecule has 0 bridgehead atoms. The van der Waals surface area contributed by atoms with Crippen LogP contribution in [0.4, 0.5) is 0 Å². The summed E-state index contributed by atoms with van der Waals surface area (Å²) in [6, 6.07) is 3.58. The van der Waals surface area contributed by atoms with E-state index in [1.165, 1.54) is 7.11 Å². The van der Waals surface area contributed by atoms with Crippen molar-refractivity contribution in [1.82, 2.24) is 10.3 Å². The van der Waals surface area contributed by atoms with Crippen LogP contribution < -0.4 is 11.1 Å². The standard InChI is InChI=1S/C16H24N4O2/c1-10(2)8-18-16(17)19-9-12-6-7-13(15(21)22-3)14(20-12)11-4-5-11/h6-7,10-11H,4-5,8-9H2,1-3H3,(H3,17,18,19). The van der Waals surface area contributed by atoms with Crippen molar-refractivity contribution in [1.29, 1.82) is 0 Å². The zero-order chi connectivity index (χ0) is 16.1. The largest absolute Gasteiger partial charge is 0.465 e. The molecule has 0 unspecified atom stereocenters. The van der Waals surface area contributed by atoms with Crippen LogP contribution >= 0.6 is 0 Å². The smallest absolute Gasteiger partial charge is 0.339 e. The van der Waals surface area contributed by atoms with Crippen LogP contribution in [0.15, 0.2) is 17.1 Å². The van der Waals surface area contributed by atoms with E-state index in [1.54, 1.807) is 12.1 Å². The second-order valence-electron chi connectivity index (χ2n) is 5.98. The monoisotopic (exact) mass is 304 g/mol. The molecular formula is C16H24N4O2. The van der Waals surface area contributed by atoms with E-state index in [0.29, 0.717) is 29.9 Å². The molecule has 22 heavy (non-hydrogen) atoms. The molecule has 0 atom stereocenters. The number of hydrogen-bond donors (Lipinski definition) is 2. The van der Waals surface area contributed by atoms with Crippen molar-refractivity contribution in [2.45, 2.75) is 39.2 Å². The molecule has 0 aromatic carbocycles. The van der Waals surface area contributed by atoms with E-state index in [0.717, 1.165) is 30.8 Å². The third kappa shape index (κ3) is 4.44. The summed E-state index contributed by atoms with van der Waals surface area (Å²) < 4.78 is 4.81. The zero-order valence-electron chi connectivity index (χ0n) is 13.4. The molecule has 0 saturated heterocycles. The number of aromatic nitrogens is 1. The summed E-state index contributed by atoms with van der Waals surface area (Å²) in [7, 11) is 1.39. The number of aliphatic imine (C=N–C) groups is 1. The lowest BCUT2D eigenvalue weighted by atomic mass is 10.1. The summed E-state index contributed by atoms with van der Waals surface area (Å²) >= 11 is 0. The number of carbonyl (C=O) groups is 1. The van der Waals surface area contributed by atoms with Crippen LogP contribution in [0.1, 0.15) is 54.4 Å². The lowest BCUT2D eigenvalue weighted by Gasteiger charge is -2.09. The predicted molar refractivity (Wildman–Crippen MR) is 85.7 cm³/mol. The Balaban J connectivity index is 2.07. The van der Waals surface area contributed by atoms with Crippen molar-refractivity contribution in [2.75, 3.05) is 13.7 Å². The zero-order valence-corrected chi connectivity index (χ0v) is 13.4. The summed E-state index contributed by atoms with van der Waals surface area (Å²) in [5.41, 5.74) is 8.01. The van der Waals surface area contributed by atoms with Crippen LogP contribution in [-0.4, -0.2) is 30.6 Å². The highest BCUT2D eigenvalue weighted by Gasteiger charge is 2.30. The van der Waals surface area contributed by atoms with Gasteiger partial charge in [0, 0.05) is 12.5 Å². The number of nitrogens with zero attached hydrogens (tertiary/aromatic N) is 2. The summed E-state index contributed by atoms with van der Waals surface area (Å²) in [6.45, 7) is 5.40. The molecule has 1 saturated carbocycles. The van der Waals surface area contributed by atoms with Gasteiger partial charge in [0.25, 0.3) is 0 Å². The first-order valence-electron chi connectivity index (χ1n) is 7.63. The van der Waals surface area contributed by atoms with Gasteiger partial charge in [-0.1, -0.05) is 13.8 Å². The first kappa shape index (κ1) is 16.3. The molecule has 1 fully saturated rings. The maximum absolute atomic E-state index is 11.8. The third-order valence-corrected chi connectivity index (χ3v) is 3.45. The van der Waals surface area contributed by atoms with E-state index in [2.05, 4.69) is 29.1 Å². The summed E-state index contributed by atoms with van der Waals surface area (Å²) in [4.78, 5) is 20.6. The highest BCUT2D eigenvalue weighted by atomic mass is 16.5. The number of nitrogens with two attached hydrogens (primary N) is 1. The molecule has 3 N–H and O–H groups in total. The van der Waals surface area contributed by atoms with E-state index in [-0.39, 0.29) is 5.97 Å². The van der Waals surface area contributed by atoms with Crippen LogP contribution in [0.3, 0.4) is 0 Å². The minimum absolute atomic E-state index is 0.331. The fourth-order valence-electron chi connectivity index (χ4n) is 2.09. The number of methoxy groups -OCH3 is 1. The molecule has 1 aromatic heterocycles. The fourth-order valence-corrected chi connectivity index (χ4v) is 2.09. The van der Waals surface area contributed by atoms with Crippen LogP contribution in [0.2, 0.25) is 0 Å². The molecular weight excluding hydrogens is 280 g/mol. The Labute approximate surface area is 131 Å². The Hall–Kier alpha value is -2.11. The molecule has 6 heteroatoms. The number of hydrogen-bond acceptors (Lipinski definition) is 4. The van der Waals surface area contributed by atoms with Gasteiger partial charge in [-0.3, -0.25) is 4.98 Å². The second kappa shape index (κ2) is 7.24. The van der Waals surface area contributed by atoms with Crippen molar-refractivity contribution in [3.63, 3.8) is 0 Å². The predicted octanol–water partition coefficient (Wildman–Crippen LogP) is 1.81. The first-order chi connectivity index (χ1) is 10.5. The van der Waals surface area contributed by atoms with Gasteiger partial charge in [-0.05, 0) is 30.9 Å². The van der Waals surface area contributed by atoms with Gasteiger partial charge >= 0.3 is 5.97 Å². The van der Waals surface area contributed by atoms with Crippen molar-refractivity contribution >= 4 is 11.9 Å². The molecule has 0 spiro atoms. The number of carbonyl (C=O) groups excluding carboxylic acids is 1. The Morgan fingerprint density at radius 3 is 2.82 bits per heavy atom. The van der Waals surface area contributed by atoms with Gasteiger partial charge in [0.2, 0.25) is 0 Å². The molecule has 0 radical (unpaired) electrons. The van der Waals surface area contributed by atoms with Crippen molar-refractivity contribution in [3.05, 3.63) is 29.1 Å². The fraction of sp³-hybridized carbons (Fsp3) is 0.562. The maximum atomic E-state index is 11.8. The lowest BCUT2D eigenvalue weighted by molar-refractivity contribution is 0.0598. The van der Waals surface area contributed by atoms with Crippen LogP contribution in [0.5, 0.6) is 0 Å². The number of guanidine groups is 1. The molecule has 120 valence electrons. The lowest BCUT2D eigenvalue weighted by Crippen LogP contribution is -2.34. The van der Waals surface area contributed by atoms with E-state index < -0.39 is 0 Å². The second-order valence-corrected chi connectivity index (χ2v) is 5.98. The molecule has 0 aliphatic heterocycles. The Kier molecular flexibility index (Phi) is 5.35. The van der Waals surface area contributed by atoms with Gasteiger partial charge in [-0.25, -0.2) is 9.79 Å². The molecule has 1 aliphatic carbocycles. The number of nitrogens with one attached hydrogen (secondary N) is 1. The molecule has 2 rings (SSSR count). The highest BCUT2D eigenvalue weighted by molar-refractivity contribution is 5.90. The van der Waals surface area contributed by atoms with Crippen LogP contribution in [-0.2, 0) is 11.3 Å². The normalized spacial score (nSPS) is 15.0. The molecule has 0 amide bonds. The highest BCUT2D eigenvalue weighted by Crippen LogP contribution is 2.40. The van der Waals surface area contributed by atoms with Crippen molar-refractivity contribution in [2.24, 2.45) is 16.6 Å². The quantitative estimate of drug-likeness (QED) is 0.475. The third-order valence-electron chi connectivity index (χ3n) is 3.45. The van der Waals surface area contributed by atoms with Gasteiger partial charge in [0.05, 0.1) is 30.6 Å². The van der Waals surface area contributed by atoms with Gasteiger partial charge in [-0.15, -0.1) is 0 Å². The summed E-state index contributed by atoms with van der Waals surface area (Å²) in [6.07, 6.45) is 2.14. The van der Waals surface area contributed by atoms with Crippen LogP contribution in [0, 0.1) is 5.92 Å². The van der Waals surface area contributed by atoms with E-state index >= 15 is 0 Å². The van der Waals surface area contributed by atoms with E-state index in [4.69, 9.17) is 10.5 Å². The SMILES string of the molecule is COC(=O)c1ccc(CN=C(N)NCC(C)C)nc1C1CC1. The van der Waals surface area contributed by atoms with E-state index in [9.17, 15) is 4.79 Å². The minimum Gasteiger partial charge on any atom is -0.465 e. The van der Waals surface area contributed by atoms with Gasteiger partial charge < -0.3 is 15.8 Å². The Bertz CT molecular complexity index is 565. The van der Waals surface area contributed by atoms with Gasteiger partial charge in [-0.2, -0.15) is 0 Å². The number of ether oxygens (including phenoxy) is 1. The van der Waals surface area contributed by atoms with E-state index in [1.807, 2.05) is 0 Å². The minimum atomic E-state index is -0.331. The molecule has 6 nitrogen and oxygen atoms in total. The van der Waals surface area contributed by atoms with Crippen molar-refractivity contribution < 1.29 is 9.53 Å². The maximum Gasteiger partial charge on any atom is 0.339 e. The average molecular weight is 304 g/mol. The number of rotatable bonds is 6.